The van der Waals surface area contributed by atoms with Gasteiger partial charge in [-0.05, 0) is 65.1 Å². The quantitative estimate of drug-likeness (QED) is 0.272. The van der Waals surface area contributed by atoms with E-state index >= 15 is 0 Å². The van der Waals surface area contributed by atoms with Gasteiger partial charge in [0, 0.05) is 16.5 Å². The van der Waals surface area contributed by atoms with E-state index in [-0.39, 0.29) is 22.8 Å². The van der Waals surface area contributed by atoms with Crippen molar-refractivity contribution in [1.29, 1.82) is 0 Å². The number of nitrogens with zero attached hydrogens (tertiary/aromatic N) is 2. The van der Waals surface area contributed by atoms with Crippen molar-refractivity contribution in [2.24, 2.45) is 11.1 Å². The molecule has 1 aromatic heterocycles. The summed E-state index contributed by atoms with van der Waals surface area (Å²) < 4.78 is 29.8. The average molecular weight is 693 g/mol. The van der Waals surface area contributed by atoms with Crippen molar-refractivity contribution >= 4 is 62.2 Å². The summed E-state index contributed by atoms with van der Waals surface area (Å²) in [5, 5.41) is 7.47. The van der Waals surface area contributed by atoms with E-state index in [9.17, 15) is 27.6 Å². The van der Waals surface area contributed by atoms with Gasteiger partial charge in [0.25, 0.3) is 0 Å². The van der Waals surface area contributed by atoms with Crippen molar-refractivity contribution < 1.29 is 27.5 Å². The normalized spacial score (nSPS) is 19.3. The van der Waals surface area contributed by atoms with Gasteiger partial charge in [0.1, 0.15) is 17.5 Å². The number of benzene rings is 3. The molecule has 3 N–H and O–H groups in total. The number of nitrogens with two attached hydrogens (primary N) is 1. The van der Waals surface area contributed by atoms with Gasteiger partial charge in [-0.3, -0.25) is 23.7 Å². The Bertz CT molecular complexity index is 2050. The van der Waals surface area contributed by atoms with Crippen molar-refractivity contribution in [1.82, 2.24) is 4.57 Å². The number of methoxy groups -OCH3 is 1. The Morgan fingerprint density at radius 3 is 2.15 bits per heavy atom. The van der Waals surface area contributed by atoms with Crippen LogP contribution in [0.5, 0.6) is 5.75 Å². The van der Waals surface area contributed by atoms with Crippen LogP contribution in [0.15, 0.2) is 87.5 Å². The minimum atomic E-state index is -3.90. The van der Waals surface area contributed by atoms with E-state index in [1.165, 1.54) is 40.8 Å². The van der Waals surface area contributed by atoms with E-state index in [1.807, 2.05) is 24.3 Å². The van der Waals surface area contributed by atoms with Gasteiger partial charge in [-0.15, -0.1) is 0 Å². The van der Waals surface area contributed by atoms with Gasteiger partial charge in [0.15, 0.2) is 0 Å². The van der Waals surface area contributed by atoms with E-state index in [4.69, 9.17) is 9.88 Å². The Balaban J connectivity index is 1.38. The number of imide groups is 1. The molecule has 0 spiro atoms. The summed E-state index contributed by atoms with van der Waals surface area (Å²) in [7, 11) is -2.37. The molecule has 14 heteroatoms. The first-order valence-electron chi connectivity index (χ1n) is 14.6. The van der Waals surface area contributed by atoms with E-state index in [2.05, 4.69) is 26.1 Å². The summed E-state index contributed by atoms with van der Waals surface area (Å²) in [6, 6.07) is 19.9. The maximum absolute atomic E-state index is 14.2. The number of amides is 3. The standard InChI is InChI=1S/C33H32N4O7S3/c1-33(2,3)19-7-5-18(6-8-19)25-26-27(30(40)37(29(26)39)21-11-13-22(44-4)14-12-21)45-31-28(25)46-32(41)36(31)17-24(38)35-20-9-15-23(16-10-20)47(34,42)43/h5-16,25-27H,17H2,1-4H3,(H,35,38)(H2,34,42,43). The Labute approximate surface area is 279 Å². The van der Waals surface area contributed by atoms with Crippen LogP contribution in [-0.4, -0.2) is 43.1 Å². The van der Waals surface area contributed by atoms with Gasteiger partial charge in [0.2, 0.25) is 27.7 Å². The highest BCUT2D eigenvalue weighted by Gasteiger charge is 2.56. The Kier molecular flexibility index (Phi) is 8.41. The lowest BCUT2D eigenvalue weighted by Gasteiger charge is -2.31. The van der Waals surface area contributed by atoms with Gasteiger partial charge in [-0.25, -0.2) is 18.5 Å². The van der Waals surface area contributed by atoms with Crippen molar-refractivity contribution in [3.63, 3.8) is 0 Å². The van der Waals surface area contributed by atoms with Gasteiger partial charge in [-0.1, -0.05) is 68.1 Å². The molecule has 6 rings (SSSR count). The van der Waals surface area contributed by atoms with Crippen molar-refractivity contribution in [2.75, 3.05) is 17.3 Å². The third-order valence-electron chi connectivity index (χ3n) is 8.28. The molecule has 1 saturated heterocycles. The Hall–Kier alpha value is -4.24. The number of thioether (sulfide) groups is 1. The zero-order valence-corrected chi connectivity index (χ0v) is 28.4. The first-order valence-corrected chi connectivity index (χ1v) is 17.9. The number of ether oxygens (including phenoxy) is 1. The summed E-state index contributed by atoms with van der Waals surface area (Å²) in [4.78, 5) is 56.1. The fourth-order valence-electron chi connectivity index (χ4n) is 5.86. The summed E-state index contributed by atoms with van der Waals surface area (Å²) in [5.41, 5.74) is 2.51. The van der Waals surface area contributed by atoms with Crippen LogP contribution in [0.3, 0.4) is 0 Å². The lowest BCUT2D eigenvalue weighted by Crippen LogP contribution is -2.33. The predicted molar refractivity (Wildman–Crippen MR) is 181 cm³/mol. The number of rotatable bonds is 7. The molecule has 2 aliphatic heterocycles. The number of hydrogen-bond donors (Lipinski definition) is 2. The van der Waals surface area contributed by atoms with Crippen LogP contribution < -0.4 is 25.0 Å². The number of carbonyl (C=O) groups is 3. The SMILES string of the molecule is COc1ccc(N2C(=O)C3Sc4c(sc(=O)n4CC(=O)Nc4ccc(S(N)(=O)=O)cc4)C(c4ccc(C(C)(C)C)cc4)C3C2=O)cc1. The van der Waals surface area contributed by atoms with Crippen molar-refractivity contribution in [3.05, 3.63) is 98.5 Å². The Morgan fingerprint density at radius 1 is 0.936 bits per heavy atom. The lowest BCUT2D eigenvalue weighted by atomic mass is 9.81. The molecule has 0 bridgehead atoms. The molecule has 4 aromatic rings. The molecule has 3 heterocycles. The second-order valence-electron chi connectivity index (χ2n) is 12.4. The van der Waals surface area contributed by atoms with Gasteiger partial charge in [0.05, 0.1) is 28.6 Å². The van der Waals surface area contributed by atoms with Crippen LogP contribution in [0.1, 0.15) is 42.7 Å². The largest absolute Gasteiger partial charge is 0.497 e. The number of hydrogen-bond acceptors (Lipinski definition) is 9. The highest BCUT2D eigenvalue weighted by molar-refractivity contribution is 8.00. The molecule has 3 unspecified atom stereocenters. The third kappa shape index (κ3) is 6.13. The maximum atomic E-state index is 14.2. The predicted octanol–water partition coefficient (Wildman–Crippen LogP) is 4.30. The number of thiazole rings is 1. The number of primary sulfonamides is 1. The molecule has 0 aliphatic carbocycles. The molecule has 3 aromatic carbocycles. The molecule has 3 amide bonds. The number of aromatic nitrogens is 1. The molecule has 244 valence electrons. The molecule has 2 aliphatic rings. The monoisotopic (exact) mass is 692 g/mol. The second-order valence-corrected chi connectivity index (χ2v) is 16.0. The summed E-state index contributed by atoms with van der Waals surface area (Å²) in [6.45, 7) is 5.95. The van der Waals surface area contributed by atoms with Gasteiger partial charge < -0.3 is 10.1 Å². The first kappa shape index (κ1) is 32.7. The second kappa shape index (κ2) is 12.1. The van der Waals surface area contributed by atoms with E-state index < -0.39 is 43.8 Å². The fraction of sp³-hybridized carbons (Fsp3) is 0.273. The lowest BCUT2D eigenvalue weighted by molar-refractivity contribution is -0.122. The van der Waals surface area contributed by atoms with E-state index in [0.29, 0.717) is 27.0 Å². The highest BCUT2D eigenvalue weighted by atomic mass is 32.2. The minimum absolute atomic E-state index is 0.106. The fourth-order valence-corrected chi connectivity index (χ4v) is 9.15. The smallest absolute Gasteiger partial charge is 0.308 e. The molecule has 0 saturated carbocycles. The average Bonchev–Trinajstić information content (AvgIpc) is 3.46. The van der Waals surface area contributed by atoms with Crippen LogP contribution in [0.2, 0.25) is 0 Å². The highest BCUT2D eigenvalue weighted by Crippen LogP contribution is 2.54. The molecular weight excluding hydrogens is 661 g/mol. The van der Waals surface area contributed by atoms with Gasteiger partial charge >= 0.3 is 4.87 Å². The van der Waals surface area contributed by atoms with Crippen molar-refractivity contribution in [2.45, 2.75) is 53.8 Å². The van der Waals surface area contributed by atoms with Gasteiger partial charge in [-0.2, -0.15) is 0 Å². The number of nitrogens with one attached hydrogen (secondary N) is 1. The molecule has 3 atom stereocenters. The topological polar surface area (TPSA) is 158 Å². The van der Waals surface area contributed by atoms with Crippen LogP contribution >= 0.6 is 23.1 Å². The van der Waals surface area contributed by atoms with Crippen LogP contribution in [0.4, 0.5) is 11.4 Å². The zero-order valence-electron chi connectivity index (χ0n) is 25.9. The number of anilines is 2. The zero-order chi connectivity index (χ0) is 33.8. The molecule has 0 radical (unpaired) electrons. The molecule has 1 fully saturated rings. The molecule has 11 nitrogen and oxygen atoms in total. The number of carbonyl (C=O) groups excluding carboxylic acids is 3. The minimum Gasteiger partial charge on any atom is -0.497 e. The van der Waals surface area contributed by atoms with Crippen LogP contribution in [0.25, 0.3) is 0 Å². The third-order valence-corrected chi connectivity index (χ3v) is 11.8. The number of sulfonamides is 1. The molecule has 47 heavy (non-hydrogen) atoms. The maximum Gasteiger partial charge on any atom is 0.308 e. The van der Waals surface area contributed by atoms with Crippen molar-refractivity contribution in [3.8, 4) is 5.75 Å². The first-order chi connectivity index (χ1) is 22.2. The molecular formula is C33H32N4O7S3. The summed E-state index contributed by atoms with van der Waals surface area (Å²) in [6.07, 6.45) is 0. The Morgan fingerprint density at radius 2 is 1.57 bits per heavy atom. The number of fused-ring (bicyclic) bond motifs is 2. The van der Waals surface area contributed by atoms with E-state index in [1.54, 1.807) is 24.3 Å². The summed E-state index contributed by atoms with van der Waals surface area (Å²) >= 11 is 2.09. The summed E-state index contributed by atoms with van der Waals surface area (Å²) in [5.74, 6) is -2.08. The van der Waals surface area contributed by atoms with Crippen LogP contribution in [0, 0.1) is 5.92 Å². The van der Waals surface area contributed by atoms with E-state index in [0.717, 1.165) is 34.2 Å². The van der Waals surface area contributed by atoms with Crippen LogP contribution in [-0.2, 0) is 36.4 Å².